The summed E-state index contributed by atoms with van der Waals surface area (Å²) in [5, 5.41) is 0.870. The largest absolute Gasteiger partial charge is 0.463 e. The number of esters is 1. The van der Waals surface area contributed by atoms with Crippen molar-refractivity contribution in [3.8, 4) is 0 Å². The molecule has 1 atom stereocenters. The van der Waals surface area contributed by atoms with Crippen LogP contribution in [0, 0.1) is 6.92 Å². The third-order valence-corrected chi connectivity index (χ3v) is 9.51. The molecule has 1 aromatic carbocycles. The van der Waals surface area contributed by atoms with Gasteiger partial charge in [-0.05, 0) is 71.1 Å². The van der Waals surface area contributed by atoms with Gasteiger partial charge in [0.1, 0.15) is 5.76 Å². The molecular formula is C31H31BrN4O5S2. The summed E-state index contributed by atoms with van der Waals surface area (Å²) in [5.41, 5.74) is 3.04. The summed E-state index contributed by atoms with van der Waals surface area (Å²) < 4.78 is 14.2. The Hall–Kier alpha value is -3.48. The Morgan fingerprint density at radius 2 is 1.98 bits per heavy atom. The van der Waals surface area contributed by atoms with Gasteiger partial charge in [0.25, 0.3) is 11.1 Å². The van der Waals surface area contributed by atoms with Crippen LogP contribution in [0.15, 0.2) is 81.4 Å². The fraction of sp³-hybridized carbons (Fsp3) is 0.323. The van der Waals surface area contributed by atoms with Crippen LogP contribution in [0.25, 0.3) is 6.08 Å². The molecule has 3 aromatic heterocycles. The van der Waals surface area contributed by atoms with Crippen molar-refractivity contribution in [2.45, 2.75) is 69.7 Å². The second-order valence-electron chi connectivity index (χ2n) is 10.3. The number of nitrogens with one attached hydrogen (secondary N) is 1. The number of aromatic nitrogens is 3. The molecule has 9 nitrogen and oxygen atoms in total. The van der Waals surface area contributed by atoms with E-state index in [1.54, 1.807) is 30.6 Å². The molecule has 43 heavy (non-hydrogen) atoms. The average molecular weight is 684 g/mol. The number of ether oxygens (including phenoxy) is 1. The van der Waals surface area contributed by atoms with Crippen molar-refractivity contribution in [2.24, 2.45) is 4.99 Å². The second-order valence-corrected chi connectivity index (χ2v) is 13.1. The summed E-state index contributed by atoms with van der Waals surface area (Å²) in [6, 6.07) is 10.5. The summed E-state index contributed by atoms with van der Waals surface area (Å²) in [4.78, 5) is 51.6. The number of carbonyl (C=O) groups is 1. The molecule has 0 unspecified atom stereocenters. The Bertz CT molecular complexity index is 1950. The van der Waals surface area contributed by atoms with Crippen LogP contribution >= 0.6 is 39.0 Å². The van der Waals surface area contributed by atoms with Crippen molar-refractivity contribution in [2.75, 3.05) is 6.61 Å². The predicted molar refractivity (Wildman–Crippen MR) is 170 cm³/mol. The number of halogens is 1. The molecule has 0 spiro atoms. The van der Waals surface area contributed by atoms with Crippen molar-refractivity contribution in [1.82, 2.24) is 14.5 Å². The zero-order valence-corrected chi connectivity index (χ0v) is 27.6. The number of nitrogens with zero attached hydrogens (tertiary/aromatic N) is 3. The Kier molecular flexibility index (Phi) is 9.38. The topological polar surface area (TPSA) is 120 Å². The van der Waals surface area contributed by atoms with E-state index in [1.165, 1.54) is 17.4 Å². The molecule has 1 aliphatic rings. The number of benzene rings is 1. The van der Waals surface area contributed by atoms with Gasteiger partial charge in [0, 0.05) is 17.8 Å². The Balaban J connectivity index is 1.63. The molecule has 224 valence electrons. The molecule has 4 heterocycles. The van der Waals surface area contributed by atoms with Crippen LogP contribution in [0.5, 0.6) is 0 Å². The highest BCUT2D eigenvalue weighted by molar-refractivity contribution is 9.10. The van der Waals surface area contributed by atoms with E-state index in [0.717, 1.165) is 29.3 Å². The van der Waals surface area contributed by atoms with Crippen LogP contribution in [-0.4, -0.2) is 27.1 Å². The monoisotopic (exact) mass is 682 g/mol. The summed E-state index contributed by atoms with van der Waals surface area (Å²) in [5.74, 6) is 0.302. The quantitative estimate of drug-likeness (QED) is 0.180. The molecule has 0 saturated carbocycles. The van der Waals surface area contributed by atoms with Gasteiger partial charge in [-0.25, -0.2) is 14.8 Å². The number of aromatic amines is 1. The Morgan fingerprint density at radius 3 is 2.63 bits per heavy atom. The van der Waals surface area contributed by atoms with Crippen LogP contribution in [0.2, 0.25) is 0 Å². The minimum atomic E-state index is -0.682. The van der Waals surface area contributed by atoms with Crippen molar-refractivity contribution < 1.29 is 13.9 Å². The Labute approximate surface area is 264 Å². The van der Waals surface area contributed by atoms with Crippen LogP contribution < -0.4 is 20.5 Å². The normalized spacial score (nSPS) is 15.1. The SMILES string of the molecule is CCCC1=C(C(=O)OCC)[C@H](c2ccc(C(C)C)cc2)n2c(s/c(=C/c3cc(Br)c(Sc4nc(C)cc(=O)[nH]4)o3)c2=O)=N1. The highest BCUT2D eigenvalue weighted by atomic mass is 79.9. The first-order valence-corrected chi connectivity index (χ1v) is 16.4. The molecule has 0 aliphatic carbocycles. The zero-order valence-electron chi connectivity index (χ0n) is 24.4. The molecule has 0 fully saturated rings. The van der Waals surface area contributed by atoms with E-state index in [4.69, 9.17) is 14.1 Å². The molecule has 0 amide bonds. The minimum absolute atomic E-state index is 0.213. The lowest BCUT2D eigenvalue weighted by atomic mass is 9.92. The van der Waals surface area contributed by atoms with Gasteiger partial charge in [-0.1, -0.05) is 62.8 Å². The third kappa shape index (κ3) is 6.56. The van der Waals surface area contributed by atoms with Gasteiger partial charge < -0.3 is 14.1 Å². The number of allylic oxidation sites excluding steroid dienone is 1. The van der Waals surface area contributed by atoms with Crippen molar-refractivity contribution in [3.63, 3.8) is 0 Å². The van der Waals surface area contributed by atoms with Crippen LogP contribution in [0.4, 0.5) is 0 Å². The van der Waals surface area contributed by atoms with E-state index < -0.39 is 12.0 Å². The molecule has 0 bridgehead atoms. The number of rotatable bonds is 9. The number of hydrogen-bond donors (Lipinski definition) is 1. The van der Waals surface area contributed by atoms with Crippen molar-refractivity contribution in [1.29, 1.82) is 0 Å². The second kappa shape index (κ2) is 13.0. The minimum Gasteiger partial charge on any atom is -0.463 e. The standard InChI is InChI=1S/C31H31BrN4O5S2/c1-6-8-22-25(28(39)40-7-2)26(19-11-9-18(10-12-19)16(3)4)36-27(38)23(42-31(36)34-22)15-20-14-21(32)29(41-20)43-30-33-17(5)13-24(37)35-30/h9-16,26H,6-8H2,1-5H3,(H,33,35,37)/b23-15+/t26-/m0/s1. The van der Waals surface area contributed by atoms with Gasteiger partial charge in [-0.3, -0.25) is 14.2 Å². The molecule has 5 rings (SSSR count). The average Bonchev–Trinajstić information content (AvgIpc) is 3.45. The van der Waals surface area contributed by atoms with Crippen LogP contribution in [0.1, 0.15) is 75.1 Å². The van der Waals surface area contributed by atoms with Gasteiger partial charge in [-0.2, -0.15) is 0 Å². The van der Waals surface area contributed by atoms with Gasteiger partial charge in [0.15, 0.2) is 15.1 Å². The highest BCUT2D eigenvalue weighted by Gasteiger charge is 2.34. The fourth-order valence-corrected chi connectivity index (χ4v) is 7.19. The van der Waals surface area contributed by atoms with E-state index in [9.17, 15) is 14.4 Å². The summed E-state index contributed by atoms with van der Waals surface area (Å²) in [7, 11) is 0. The lowest BCUT2D eigenvalue weighted by Gasteiger charge is -2.26. The maximum Gasteiger partial charge on any atom is 0.338 e. The van der Waals surface area contributed by atoms with Crippen molar-refractivity contribution in [3.05, 3.63) is 105 Å². The highest BCUT2D eigenvalue weighted by Crippen LogP contribution is 2.35. The molecular weight excluding hydrogens is 652 g/mol. The Morgan fingerprint density at radius 1 is 1.23 bits per heavy atom. The molecule has 1 N–H and O–H groups in total. The maximum absolute atomic E-state index is 14.0. The summed E-state index contributed by atoms with van der Waals surface area (Å²) >= 11 is 5.92. The number of thiazole rings is 1. The molecule has 4 aromatic rings. The van der Waals surface area contributed by atoms with E-state index in [-0.39, 0.29) is 17.7 Å². The third-order valence-electron chi connectivity index (χ3n) is 6.80. The lowest BCUT2D eigenvalue weighted by Crippen LogP contribution is -2.40. The first kappa shape index (κ1) is 31.0. The van der Waals surface area contributed by atoms with Gasteiger partial charge in [0.2, 0.25) is 0 Å². The molecule has 12 heteroatoms. The van der Waals surface area contributed by atoms with Gasteiger partial charge >= 0.3 is 5.97 Å². The molecule has 0 saturated heterocycles. The lowest BCUT2D eigenvalue weighted by molar-refractivity contribution is -0.139. The number of H-pyrrole nitrogens is 1. The number of furan rings is 1. The maximum atomic E-state index is 14.0. The summed E-state index contributed by atoms with van der Waals surface area (Å²) in [6.07, 6.45) is 3.01. The van der Waals surface area contributed by atoms with E-state index in [1.807, 2.05) is 31.2 Å². The predicted octanol–water partition coefficient (Wildman–Crippen LogP) is 5.60. The van der Waals surface area contributed by atoms with E-state index >= 15 is 0 Å². The molecule has 1 aliphatic heterocycles. The first-order valence-electron chi connectivity index (χ1n) is 14.0. The number of hydrogen-bond acceptors (Lipinski definition) is 9. The first-order chi connectivity index (χ1) is 20.6. The fourth-order valence-electron chi connectivity index (χ4n) is 4.83. The van der Waals surface area contributed by atoms with E-state index in [2.05, 4.69) is 39.7 Å². The number of fused-ring (bicyclic) bond motifs is 1. The molecule has 0 radical (unpaired) electrons. The number of aryl methyl sites for hydroxylation is 1. The smallest absolute Gasteiger partial charge is 0.338 e. The van der Waals surface area contributed by atoms with Crippen LogP contribution in [0.3, 0.4) is 0 Å². The number of carbonyl (C=O) groups excluding carboxylic acids is 1. The van der Waals surface area contributed by atoms with Crippen molar-refractivity contribution >= 4 is 51.1 Å². The summed E-state index contributed by atoms with van der Waals surface area (Å²) in [6.45, 7) is 9.99. The van der Waals surface area contributed by atoms with Gasteiger partial charge in [-0.15, -0.1) is 0 Å². The van der Waals surface area contributed by atoms with Crippen LogP contribution in [-0.2, 0) is 9.53 Å². The zero-order chi connectivity index (χ0) is 30.8. The van der Waals surface area contributed by atoms with E-state index in [0.29, 0.717) is 59.1 Å². The van der Waals surface area contributed by atoms with Gasteiger partial charge in [0.05, 0.1) is 32.9 Å².